The van der Waals surface area contributed by atoms with Crippen molar-refractivity contribution in [3.8, 4) is 11.6 Å². The van der Waals surface area contributed by atoms with Crippen molar-refractivity contribution in [3.63, 3.8) is 0 Å². The molecule has 0 unspecified atom stereocenters. The number of aryl methyl sites for hydroxylation is 1. The molecule has 3 aromatic heterocycles. The second-order valence-corrected chi connectivity index (χ2v) is 7.22. The van der Waals surface area contributed by atoms with Gasteiger partial charge >= 0.3 is 6.03 Å². The SMILES string of the molecule is [2H]C([2H])([2H])c1nn(-c2cc(OCCOC)cc([C@]3(OC)CCOC3)n2)c2cc(NC(N)=O)ncc12. The third-order valence-electron chi connectivity index (χ3n) is 5.22. The first-order valence-corrected chi connectivity index (χ1v) is 9.90. The maximum absolute atomic E-state index is 11.3. The smallest absolute Gasteiger partial charge is 0.317 e. The molecule has 0 aromatic carbocycles. The van der Waals surface area contributed by atoms with Gasteiger partial charge in [0.05, 0.1) is 30.1 Å². The summed E-state index contributed by atoms with van der Waals surface area (Å²) in [5.74, 6) is 0.887. The lowest BCUT2D eigenvalue weighted by Gasteiger charge is -2.26. The molecule has 0 aliphatic carbocycles. The molecule has 1 atom stereocenters. The fraction of sp³-hybridized carbons (Fsp3) is 0.429. The number of anilines is 1. The summed E-state index contributed by atoms with van der Waals surface area (Å²) in [5.41, 5.74) is 5.17. The number of pyridine rings is 2. The van der Waals surface area contributed by atoms with E-state index in [1.165, 1.54) is 16.9 Å². The number of carbonyl (C=O) groups is 1. The molecular formula is C21H26N6O5. The molecule has 4 rings (SSSR count). The van der Waals surface area contributed by atoms with Crippen LogP contribution in [0.15, 0.2) is 24.4 Å². The molecule has 11 nitrogen and oxygen atoms in total. The molecule has 0 radical (unpaired) electrons. The maximum Gasteiger partial charge on any atom is 0.317 e. The Bertz CT molecular complexity index is 1230. The molecule has 32 heavy (non-hydrogen) atoms. The van der Waals surface area contributed by atoms with Gasteiger partial charge in [-0.15, -0.1) is 0 Å². The molecule has 170 valence electrons. The third-order valence-corrected chi connectivity index (χ3v) is 5.22. The molecule has 3 aromatic rings. The summed E-state index contributed by atoms with van der Waals surface area (Å²) in [5, 5.41) is 7.03. The summed E-state index contributed by atoms with van der Waals surface area (Å²) in [4.78, 5) is 20.2. The number of nitrogens with one attached hydrogen (secondary N) is 1. The first kappa shape index (κ1) is 18.3. The zero-order valence-electron chi connectivity index (χ0n) is 20.8. The van der Waals surface area contributed by atoms with Crippen LogP contribution in [0.3, 0.4) is 0 Å². The zero-order valence-corrected chi connectivity index (χ0v) is 17.8. The molecule has 1 aliphatic rings. The average molecular weight is 445 g/mol. The fourth-order valence-corrected chi connectivity index (χ4v) is 3.55. The van der Waals surface area contributed by atoms with Gasteiger partial charge in [0.15, 0.2) is 5.82 Å². The quantitative estimate of drug-likeness (QED) is 0.502. The van der Waals surface area contributed by atoms with E-state index in [9.17, 15) is 4.79 Å². The topological polar surface area (TPSA) is 136 Å². The number of carbonyl (C=O) groups excluding carboxylic acids is 1. The number of nitrogens with two attached hydrogens (primary N) is 1. The number of hydrogen-bond donors (Lipinski definition) is 2. The minimum Gasteiger partial charge on any atom is -0.491 e. The molecule has 1 aliphatic heterocycles. The number of rotatable bonds is 8. The number of ether oxygens (including phenoxy) is 4. The Morgan fingerprint density at radius 1 is 1.38 bits per heavy atom. The van der Waals surface area contributed by atoms with E-state index >= 15 is 0 Å². The van der Waals surface area contributed by atoms with Gasteiger partial charge in [0.1, 0.15) is 23.8 Å². The van der Waals surface area contributed by atoms with E-state index < -0.39 is 18.5 Å². The summed E-state index contributed by atoms with van der Waals surface area (Å²) in [6.45, 7) is -1.07. The Labute approximate surface area is 189 Å². The number of nitrogens with zero attached hydrogens (tertiary/aromatic N) is 4. The highest BCUT2D eigenvalue weighted by Gasteiger charge is 2.39. The van der Waals surface area contributed by atoms with Crippen molar-refractivity contribution < 1.29 is 27.9 Å². The third kappa shape index (κ3) is 4.22. The summed E-state index contributed by atoms with van der Waals surface area (Å²) < 4.78 is 47.5. The molecule has 3 N–H and O–H groups in total. The van der Waals surface area contributed by atoms with Gasteiger partial charge in [-0.3, -0.25) is 5.32 Å². The lowest BCUT2D eigenvalue weighted by atomic mass is 9.97. The van der Waals surface area contributed by atoms with Crippen molar-refractivity contribution in [2.75, 3.05) is 46.0 Å². The summed E-state index contributed by atoms with van der Waals surface area (Å²) in [7, 11) is 3.15. The van der Waals surface area contributed by atoms with Crippen molar-refractivity contribution in [2.45, 2.75) is 18.9 Å². The van der Waals surface area contributed by atoms with Crippen LogP contribution < -0.4 is 15.8 Å². The summed E-state index contributed by atoms with van der Waals surface area (Å²) >= 11 is 0. The van der Waals surface area contributed by atoms with E-state index in [0.717, 1.165) is 0 Å². The number of fused-ring (bicyclic) bond motifs is 1. The Hall–Kier alpha value is -3.28. The van der Waals surface area contributed by atoms with Crippen LogP contribution in [-0.4, -0.2) is 66.4 Å². The van der Waals surface area contributed by atoms with E-state index in [1.54, 1.807) is 26.4 Å². The van der Waals surface area contributed by atoms with Crippen molar-refractivity contribution in [1.29, 1.82) is 0 Å². The molecular weight excluding hydrogens is 416 g/mol. The number of urea groups is 1. The monoisotopic (exact) mass is 445 g/mol. The first-order chi connectivity index (χ1) is 16.7. The van der Waals surface area contributed by atoms with Crippen LogP contribution in [0.5, 0.6) is 5.75 Å². The van der Waals surface area contributed by atoms with Gasteiger partial charge in [-0.25, -0.2) is 19.4 Å². The van der Waals surface area contributed by atoms with E-state index in [-0.39, 0.29) is 29.3 Å². The summed E-state index contributed by atoms with van der Waals surface area (Å²) in [6.07, 6.45) is 1.90. The van der Waals surface area contributed by atoms with Gasteiger partial charge < -0.3 is 24.7 Å². The van der Waals surface area contributed by atoms with Gasteiger partial charge in [-0.05, 0) is 6.85 Å². The Balaban J connectivity index is 1.92. The van der Waals surface area contributed by atoms with Crippen LogP contribution in [-0.2, 0) is 19.8 Å². The molecule has 2 amide bonds. The predicted molar refractivity (Wildman–Crippen MR) is 116 cm³/mol. The molecule has 4 heterocycles. The summed E-state index contributed by atoms with van der Waals surface area (Å²) in [6, 6.07) is 4.06. The average Bonchev–Trinajstić information content (AvgIpc) is 3.44. The normalized spacial score (nSPS) is 20.0. The van der Waals surface area contributed by atoms with Crippen molar-refractivity contribution in [3.05, 3.63) is 35.8 Å². The highest BCUT2D eigenvalue weighted by molar-refractivity contribution is 5.90. The van der Waals surface area contributed by atoms with E-state index in [1.807, 2.05) is 0 Å². The zero-order chi connectivity index (χ0) is 25.2. The molecule has 0 spiro atoms. The van der Waals surface area contributed by atoms with Crippen LogP contribution in [0.2, 0.25) is 0 Å². The number of aromatic nitrogens is 4. The maximum atomic E-state index is 11.3. The standard InChI is InChI=1S/C21H26N6O5/c1-13-15-11-23-18(25-20(22)28)10-16(15)27(26-13)19-9-14(32-7-6-29-2)8-17(24-19)21(30-3)4-5-31-12-21/h8-11H,4-7,12H2,1-3H3,(H3,22,23,25,28)/t21-/m0/s1/i1D3. The van der Waals surface area contributed by atoms with Crippen molar-refractivity contribution in [2.24, 2.45) is 5.73 Å². The van der Waals surface area contributed by atoms with Crippen molar-refractivity contribution in [1.82, 2.24) is 19.7 Å². The number of methoxy groups -OCH3 is 2. The van der Waals surface area contributed by atoms with Crippen LogP contribution >= 0.6 is 0 Å². The van der Waals surface area contributed by atoms with Gasteiger partial charge in [0, 0.05) is 61.1 Å². The van der Waals surface area contributed by atoms with Crippen molar-refractivity contribution >= 4 is 22.8 Å². The van der Waals surface area contributed by atoms with Gasteiger partial charge in [0.25, 0.3) is 0 Å². The Morgan fingerprint density at radius 2 is 2.25 bits per heavy atom. The van der Waals surface area contributed by atoms with Gasteiger partial charge in [-0.2, -0.15) is 5.10 Å². The minimum absolute atomic E-state index is 0.133. The molecule has 11 heteroatoms. The minimum atomic E-state index is -2.52. The number of hydrogen-bond acceptors (Lipinski definition) is 8. The van der Waals surface area contributed by atoms with Gasteiger partial charge in [-0.1, -0.05) is 0 Å². The highest BCUT2D eigenvalue weighted by Crippen LogP contribution is 2.35. The second-order valence-electron chi connectivity index (χ2n) is 7.22. The molecule has 1 fully saturated rings. The fourth-order valence-electron chi connectivity index (χ4n) is 3.55. The molecule has 0 bridgehead atoms. The van der Waals surface area contributed by atoms with Crippen LogP contribution in [0.1, 0.15) is 21.9 Å². The first-order valence-electron chi connectivity index (χ1n) is 11.4. The molecule has 1 saturated heterocycles. The second kappa shape index (κ2) is 9.07. The lowest BCUT2D eigenvalue weighted by molar-refractivity contribution is -0.0248. The largest absolute Gasteiger partial charge is 0.491 e. The van der Waals surface area contributed by atoms with Gasteiger partial charge in [0.2, 0.25) is 0 Å². The van der Waals surface area contributed by atoms with E-state index in [2.05, 4.69) is 15.4 Å². The van der Waals surface area contributed by atoms with E-state index in [4.69, 9.17) is 33.8 Å². The van der Waals surface area contributed by atoms with Crippen LogP contribution in [0.25, 0.3) is 16.7 Å². The Morgan fingerprint density at radius 3 is 2.94 bits per heavy atom. The van der Waals surface area contributed by atoms with Crippen LogP contribution in [0, 0.1) is 6.85 Å². The Kier molecular flexibility index (Phi) is 5.19. The predicted octanol–water partition coefficient (Wildman–Crippen LogP) is 1.90. The highest BCUT2D eigenvalue weighted by atomic mass is 16.6. The lowest BCUT2D eigenvalue weighted by Crippen LogP contribution is -2.30. The number of amides is 2. The number of primary amides is 1. The van der Waals surface area contributed by atoms with Crippen LogP contribution in [0.4, 0.5) is 10.6 Å². The molecule has 0 saturated carbocycles. The van der Waals surface area contributed by atoms with E-state index in [0.29, 0.717) is 43.2 Å².